The Balaban J connectivity index is 2.18. The summed E-state index contributed by atoms with van der Waals surface area (Å²) in [7, 11) is -3.66. The first-order chi connectivity index (χ1) is 12.9. The molecule has 0 spiro atoms. The van der Waals surface area contributed by atoms with Gasteiger partial charge in [0.15, 0.2) is 0 Å². The molecular weight excluding hydrogens is 368 g/mol. The Bertz CT molecular complexity index is 755. The minimum atomic E-state index is -3.66. The molecule has 27 heavy (non-hydrogen) atoms. The van der Waals surface area contributed by atoms with Crippen LogP contribution in [-0.2, 0) is 14.8 Å². The Kier molecular flexibility index (Phi) is 7.79. The number of nitrogens with zero attached hydrogens (tertiary/aromatic N) is 1. The third-order valence-electron chi connectivity index (χ3n) is 4.75. The number of carboxylic acid groups (broad SMARTS) is 1. The van der Waals surface area contributed by atoms with Crippen molar-refractivity contribution in [2.75, 3.05) is 13.1 Å². The molecule has 150 valence electrons. The highest BCUT2D eigenvalue weighted by molar-refractivity contribution is 7.89. The van der Waals surface area contributed by atoms with Crippen LogP contribution in [0.5, 0.6) is 0 Å². The molecule has 7 nitrogen and oxygen atoms in total. The summed E-state index contributed by atoms with van der Waals surface area (Å²) in [6.45, 7) is 2.91. The maximum Gasteiger partial charge on any atom is 0.326 e. The number of unbranched alkanes of at least 4 members (excludes halogenated alkanes) is 1. The Morgan fingerprint density at radius 2 is 1.85 bits per heavy atom. The van der Waals surface area contributed by atoms with Crippen molar-refractivity contribution in [3.05, 3.63) is 29.8 Å². The van der Waals surface area contributed by atoms with Crippen LogP contribution in [0.15, 0.2) is 29.2 Å². The molecule has 1 aliphatic rings. The summed E-state index contributed by atoms with van der Waals surface area (Å²) in [6.07, 6.45) is 5.53. The molecule has 8 heteroatoms. The molecule has 1 fully saturated rings. The summed E-state index contributed by atoms with van der Waals surface area (Å²) in [6, 6.07) is 4.83. The lowest BCUT2D eigenvalue weighted by Gasteiger charge is -2.20. The number of benzene rings is 1. The number of carbonyl (C=O) groups is 2. The largest absolute Gasteiger partial charge is 0.480 e. The summed E-state index contributed by atoms with van der Waals surface area (Å²) >= 11 is 0. The maximum atomic E-state index is 12.9. The molecule has 0 aromatic heterocycles. The van der Waals surface area contributed by atoms with Gasteiger partial charge < -0.3 is 10.4 Å². The van der Waals surface area contributed by atoms with Crippen LogP contribution in [-0.4, -0.2) is 48.8 Å². The van der Waals surface area contributed by atoms with Gasteiger partial charge in [0.05, 0.1) is 4.90 Å². The standard InChI is InChI=1S/C19H28N2O5S/c1-2-3-11-17(19(23)24)20-18(22)15-9-8-10-16(14-15)27(25,26)21-12-6-4-5-7-13-21/h8-10,14,17H,2-7,11-13H2,1H3,(H,20,22)(H,23,24). The maximum absolute atomic E-state index is 12.9. The van der Waals surface area contributed by atoms with Gasteiger partial charge in [-0.1, -0.05) is 38.7 Å². The van der Waals surface area contributed by atoms with E-state index in [0.717, 1.165) is 32.1 Å². The van der Waals surface area contributed by atoms with E-state index in [0.29, 0.717) is 25.9 Å². The van der Waals surface area contributed by atoms with Gasteiger partial charge in [0.2, 0.25) is 10.0 Å². The Morgan fingerprint density at radius 3 is 2.44 bits per heavy atom. The zero-order valence-corrected chi connectivity index (χ0v) is 16.5. The topological polar surface area (TPSA) is 104 Å². The zero-order chi connectivity index (χ0) is 19.9. The van der Waals surface area contributed by atoms with Gasteiger partial charge in [-0.2, -0.15) is 4.31 Å². The lowest BCUT2D eigenvalue weighted by Crippen LogP contribution is -2.40. The van der Waals surface area contributed by atoms with Crippen molar-refractivity contribution < 1.29 is 23.1 Å². The highest BCUT2D eigenvalue weighted by Gasteiger charge is 2.26. The quantitative estimate of drug-likeness (QED) is 0.703. The highest BCUT2D eigenvalue weighted by atomic mass is 32.2. The van der Waals surface area contributed by atoms with E-state index in [1.807, 2.05) is 6.92 Å². The molecule has 1 aromatic rings. The van der Waals surface area contributed by atoms with Crippen LogP contribution < -0.4 is 5.32 Å². The van der Waals surface area contributed by atoms with Gasteiger partial charge >= 0.3 is 5.97 Å². The van der Waals surface area contributed by atoms with E-state index < -0.39 is 27.9 Å². The van der Waals surface area contributed by atoms with Gasteiger partial charge in [0.25, 0.3) is 5.91 Å². The molecule has 0 aliphatic carbocycles. The molecule has 1 atom stereocenters. The molecule has 1 aromatic carbocycles. The van der Waals surface area contributed by atoms with Crippen molar-refractivity contribution >= 4 is 21.9 Å². The average molecular weight is 397 g/mol. The summed E-state index contributed by atoms with van der Waals surface area (Å²) < 4.78 is 27.2. The lowest BCUT2D eigenvalue weighted by atomic mass is 10.1. The smallest absolute Gasteiger partial charge is 0.326 e. The van der Waals surface area contributed by atoms with E-state index >= 15 is 0 Å². The van der Waals surface area contributed by atoms with Gasteiger partial charge in [0, 0.05) is 18.7 Å². The summed E-state index contributed by atoms with van der Waals surface area (Å²) in [5.74, 6) is -1.67. The number of carbonyl (C=O) groups excluding carboxylic acids is 1. The van der Waals surface area contributed by atoms with Crippen LogP contribution in [0.3, 0.4) is 0 Å². The molecule has 1 aliphatic heterocycles. The first kappa shape index (κ1) is 21.4. The molecule has 2 rings (SSSR count). The van der Waals surface area contributed by atoms with Crippen molar-refractivity contribution in [2.24, 2.45) is 0 Å². The van der Waals surface area contributed by atoms with Gasteiger partial charge in [-0.25, -0.2) is 13.2 Å². The van der Waals surface area contributed by atoms with Gasteiger partial charge in [-0.3, -0.25) is 4.79 Å². The molecule has 2 N–H and O–H groups in total. The van der Waals surface area contributed by atoms with Crippen molar-refractivity contribution in [3.8, 4) is 0 Å². The van der Waals surface area contributed by atoms with Crippen LogP contribution in [0.2, 0.25) is 0 Å². The van der Waals surface area contributed by atoms with Crippen LogP contribution in [0.4, 0.5) is 0 Å². The van der Waals surface area contributed by atoms with E-state index in [2.05, 4.69) is 5.32 Å². The number of carboxylic acids is 1. The minimum absolute atomic E-state index is 0.0671. The summed E-state index contributed by atoms with van der Waals surface area (Å²) in [5.41, 5.74) is 0.147. The highest BCUT2D eigenvalue weighted by Crippen LogP contribution is 2.21. The number of sulfonamides is 1. The van der Waals surface area contributed by atoms with E-state index in [9.17, 15) is 23.1 Å². The number of rotatable bonds is 8. The fourth-order valence-corrected chi connectivity index (χ4v) is 4.70. The lowest BCUT2D eigenvalue weighted by molar-refractivity contribution is -0.139. The zero-order valence-electron chi connectivity index (χ0n) is 15.7. The molecule has 0 saturated carbocycles. The van der Waals surface area contributed by atoms with E-state index in [1.165, 1.54) is 28.6 Å². The van der Waals surface area contributed by atoms with E-state index in [1.54, 1.807) is 0 Å². The van der Waals surface area contributed by atoms with Crippen molar-refractivity contribution in [1.82, 2.24) is 9.62 Å². The molecule has 0 radical (unpaired) electrons. The number of amides is 1. The van der Waals surface area contributed by atoms with Crippen LogP contribution >= 0.6 is 0 Å². The minimum Gasteiger partial charge on any atom is -0.480 e. The monoisotopic (exact) mass is 396 g/mol. The normalized spacial score (nSPS) is 17.1. The van der Waals surface area contributed by atoms with Crippen LogP contribution in [0.25, 0.3) is 0 Å². The Morgan fingerprint density at radius 1 is 1.19 bits per heavy atom. The predicted molar refractivity (Wildman–Crippen MR) is 102 cm³/mol. The molecular formula is C19H28N2O5S. The van der Waals surface area contributed by atoms with Crippen molar-refractivity contribution in [3.63, 3.8) is 0 Å². The van der Waals surface area contributed by atoms with Crippen molar-refractivity contribution in [1.29, 1.82) is 0 Å². The van der Waals surface area contributed by atoms with E-state index in [4.69, 9.17) is 0 Å². The Labute approximate surface area is 160 Å². The van der Waals surface area contributed by atoms with Crippen LogP contribution in [0, 0.1) is 0 Å². The molecule has 1 amide bonds. The second-order valence-corrected chi connectivity index (χ2v) is 8.79. The first-order valence-corrected chi connectivity index (χ1v) is 10.9. The number of nitrogens with one attached hydrogen (secondary N) is 1. The Hall–Kier alpha value is -1.93. The molecule has 1 heterocycles. The third-order valence-corrected chi connectivity index (χ3v) is 6.64. The summed E-state index contributed by atoms with van der Waals surface area (Å²) in [4.78, 5) is 23.8. The second-order valence-electron chi connectivity index (χ2n) is 6.85. The van der Waals surface area contributed by atoms with E-state index in [-0.39, 0.29) is 10.5 Å². The van der Waals surface area contributed by atoms with Crippen LogP contribution in [0.1, 0.15) is 62.2 Å². The fraction of sp³-hybridized carbons (Fsp3) is 0.579. The number of aliphatic carboxylic acids is 1. The molecule has 1 saturated heterocycles. The second kappa shape index (κ2) is 9.85. The fourth-order valence-electron chi connectivity index (χ4n) is 3.14. The molecule has 1 unspecified atom stereocenters. The molecule has 0 bridgehead atoms. The number of hydrogen-bond donors (Lipinski definition) is 2. The SMILES string of the molecule is CCCCC(NC(=O)c1cccc(S(=O)(=O)N2CCCCCC2)c1)C(=O)O. The van der Waals surface area contributed by atoms with Gasteiger partial charge in [-0.15, -0.1) is 0 Å². The predicted octanol–water partition coefficient (Wildman–Crippen LogP) is 2.62. The number of hydrogen-bond acceptors (Lipinski definition) is 4. The third kappa shape index (κ3) is 5.77. The summed E-state index contributed by atoms with van der Waals surface area (Å²) in [5, 5.41) is 11.7. The average Bonchev–Trinajstić information content (AvgIpc) is 2.95. The first-order valence-electron chi connectivity index (χ1n) is 9.50. The van der Waals surface area contributed by atoms with Crippen molar-refractivity contribution in [2.45, 2.75) is 62.8 Å². The van der Waals surface area contributed by atoms with Gasteiger partial charge in [-0.05, 0) is 37.5 Å². The van der Waals surface area contributed by atoms with Gasteiger partial charge in [0.1, 0.15) is 6.04 Å².